The number of carbonyl (C=O) groups excluding carboxylic acids is 3. The van der Waals surface area contributed by atoms with E-state index in [2.05, 4.69) is 9.69 Å². The van der Waals surface area contributed by atoms with E-state index >= 15 is 0 Å². The van der Waals surface area contributed by atoms with Crippen LogP contribution < -0.4 is 16.8 Å². The van der Waals surface area contributed by atoms with Gasteiger partial charge in [0.25, 0.3) is 11.8 Å². The number of halogens is 1. The van der Waals surface area contributed by atoms with E-state index in [1.807, 2.05) is 19.1 Å². The molecule has 178 valence electrons. The Hall–Kier alpha value is -2.65. The van der Waals surface area contributed by atoms with Crippen LogP contribution in [0.2, 0.25) is 5.02 Å². The first kappa shape index (κ1) is 25.0. The molecule has 0 aliphatic heterocycles. The van der Waals surface area contributed by atoms with Gasteiger partial charge in [0.05, 0.1) is 5.69 Å². The summed E-state index contributed by atoms with van der Waals surface area (Å²) in [6.45, 7) is 2.15. The Labute approximate surface area is 202 Å². The standard InChI is InChI=1S/C23H30ClN5O3S/c1-2-3-12-17(22(31)27-15-9-5-6-10-15)29(13-14-8-4-7-11-16(14)24)23(32)20-18(25)19(21(26)30)28-33-20/h4,7-8,11,15,17H,2-3,5-6,9-10,12-13,25H2,1H3,(H2,26,30)(H,27,31)/t17-/m0/s1. The van der Waals surface area contributed by atoms with Crippen LogP contribution in [-0.4, -0.2) is 39.1 Å². The molecule has 3 amide bonds. The fraction of sp³-hybridized carbons (Fsp3) is 0.478. The van der Waals surface area contributed by atoms with E-state index in [9.17, 15) is 14.4 Å². The van der Waals surface area contributed by atoms with Gasteiger partial charge in [0, 0.05) is 17.6 Å². The molecule has 1 aliphatic carbocycles. The minimum absolute atomic E-state index is 0.0629. The van der Waals surface area contributed by atoms with Gasteiger partial charge in [0.2, 0.25) is 5.91 Å². The molecule has 8 nitrogen and oxygen atoms in total. The fourth-order valence-electron chi connectivity index (χ4n) is 4.09. The Kier molecular flexibility index (Phi) is 8.68. The molecule has 1 aromatic heterocycles. The molecule has 1 aliphatic rings. The van der Waals surface area contributed by atoms with Crippen molar-refractivity contribution in [2.45, 2.75) is 70.5 Å². The lowest BCUT2D eigenvalue weighted by molar-refractivity contribution is -0.126. The first-order chi connectivity index (χ1) is 15.8. The van der Waals surface area contributed by atoms with Crippen LogP contribution in [0.5, 0.6) is 0 Å². The van der Waals surface area contributed by atoms with Crippen molar-refractivity contribution in [2.24, 2.45) is 5.73 Å². The molecule has 0 radical (unpaired) electrons. The molecule has 1 saturated carbocycles. The summed E-state index contributed by atoms with van der Waals surface area (Å²) in [4.78, 5) is 40.3. The van der Waals surface area contributed by atoms with E-state index in [0.717, 1.165) is 50.1 Å². The summed E-state index contributed by atoms with van der Waals surface area (Å²) in [6.07, 6.45) is 6.17. The van der Waals surface area contributed by atoms with Gasteiger partial charge < -0.3 is 21.7 Å². The summed E-state index contributed by atoms with van der Waals surface area (Å²) in [5, 5.41) is 3.63. The van der Waals surface area contributed by atoms with E-state index in [4.69, 9.17) is 23.1 Å². The average molecular weight is 492 g/mol. The van der Waals surface area contributed by atoms with Crippen molar-refractivity contribution in [3.05, 3.63) is 45.4 Å². The van der Waals surface area contributed by atoms with E-state index in [0.29, 0.717) is 17.0 Å². The second kappa shape index (κ2) is 11.5. The highest BCUT2D eigenvalue weighted by atomic mass is 35.5. The van der Waals surface area contributed by atoms with Gasteiger partial charge in [-0.2, -0.15) is 4.37 Å². The van der Waals surface area contributed by atoms with E-state index in [-0.39, 0.29) is 34.8 Å². The zero-order valence-corrected chi connectivity index (χ0v) is 20.3. The predicted octanol–water partition coefficient (Wildman–Crippen LogP) is 3.74. The number of hydrogen-bond acceptors (Lipinski definition) is 6. The summed E-state index contributed by atoms with van der Waals surface area (Å²) < 4.78 is 3.96. The van der Waals surface area contributed by atoms with Crippen LogP contribution in [0, 0.1) is 0 Å². The number of amides is 3. The third-order valence-electron chi connectivity index (χ3n) is 5.93. The Morgan fingerprint density at radius 3 is 2.58 bits per heavy atom. The van der Waals surface area contributed by atoms with E-state index in [1.165, 1.54) is 4.90 Å². The monoisotopic (exact) mass is 491 g/mol. The van der Waals surface area contributed by atoms with Crippen molar-refractivity contribution < 1.29 is 14.4 Å². The van der Waals surface area contributed by atoms with Gasteiger partial charge >= 0.3 is 0 Å². The summed E-state index contributed by atoms with van der Waals surface area (Å²) in [5.41, 5.74) is 11.9. The van der Waals surface area contributed by atoms with Crippen LogP contribution in [0.1, 0.15) is 77.6 Å². The number of carbonyl (C=O) groups is 3. The number of unbranched alkanes of at least 4 members (excludes halogenated alkanes) is 1. The first-order valence-electron chi connectivity index (χ1n) is 11.2. The third-order valence-corrected chi connectivity index (χ3v) is 7.15. The van der Waals surface area contributed by atoms with E-state index in [1.54, 1.807) is 12.1 Å². The quantitative estimate of drug-likeness (QED) is 0.465. The molecule has 1 fully saturated rings. The molecular weight excluding hydrogens is 462 g/mol. The number of rotatable bonds is 10. The highest BCUT2D eigenvalue weighted by Gasteiger charge is 2.34. The van der Waals surface area contributed by atoms with E-state index < -0.39 is 17.9 Å². The lowest BCUT2D eigenvalue weighted by Gasteiger charge is -2.32. The van der Waals surface area contributed by atoms with Crippen molar-refractivity contribution in [3.8, 4) is 0 Å². The third kappa shape index (κ3) is 6.03. The minimum atomic E-state index is -0.804. The smallest absolute Gasteiger partial charge is 0.270 e. The second-order valence-corrected chi connectivity index (χ2v) is 9.49. The number of hydrogen-bond donors (Lipinski definition) is 3. The highest BCUT2D eigenvalue weighted by Crippen LogP contribution is 2.28. The molecule has 0 saturated heterocycles. The highest BCUT2D eigenvalue weighted by molar-refractivity contribution is 7.09. The number of nitrogens with one attached hydrogen (secondary N) is 1. The maximum atomic E-state index is 13.7. The summed E-state index contributed by atoms with van der Waals surface area (Å²) in [5.74, 6) is -1.46. The number of nitrogens with zero attached hydrogens (tertiary/aromatic N) is 2. The molecule has 1 atom stereocenters. The van der Waals surface area contributed by atoms with Crippen LogP contribution in [0.3, 0.4) is 0 Å². The fourth-order valence-corrected chi connectivity index (χ4v) is 5.04. The molecule has 5 N–H and O–H groups in total. The van der Waals surface area contributed by atoms with Gasteiger partial charge in [0.15, 0.2) is 5.69 Å². The van der Waals surface area contributed by atoms with Crippen molar-refractivity contribution in [2.75, 3.05) is 5.73 Å². The zero-order chi connectivity index (χ0) is 24.0. The lowest BCUT2D eigenvalue weighted by Crippen LogP contribution is -2.51. The maximum Gasteiger partial charge on any atom is 0.270 e. The second-order valence-electron chi connectivity index (χ2n) is 8.31. The van der Waals surface area contributed by atoms with Crippen molar-refractivity contribution in [3.63, 3.8) is 0 Å². The Morgan fingerprint density at radius 1 is 1.27 bits per heavy atom. The van der Waals surface area contributed by atoms with Crippen molar-refractivity contribution >= 4 is 46.5 Å². The zero-order valence-electron chi connectivity index (χ0n) is 18.7. The molecule has 3 rings (SSSR count). The molecule has 33 heavy (non-hydrogen) atoms. The van der Waals surface area contributed by atoms with Gasteiger partial charge in [0.1, 0.15) is 10.9 Å². The number of nitrogen functional groups attached to an aromatic ring is 1. The molecule has 0 bridgehead atoms. The predicted molar refractivity (Wildman–Crippen MR) is 130 cm³/mol. The topological polar surface area (TPSA) is 131 Å². The molecule has 0 spiro atoms. The van der Waals surface area contributed by atoms with Gasteiger partial charge in [-0.25, -0.2) is 0 Å². The molecular formula is C23H30ClN5O3S. The summed E-state index contributed by atoms with van der Waals surface area (Å²) >= 11 is 7.20. The van der Waals surface area contributed by atoms with Crippen molar-refractivity contribution in [1.29, 1.82) is 0 Å². The van der Waals surface area contributed by atoms with Crippen molar-refractivity contribution in [1.82, 2.24) is 14.6 Å². The van der Waals surface area contributed by atoms with Crippen LogP contribution in [0.15, 0.2) is 24.3 Å². The normalized spacial score (nSPS) is 14.7. The van der Waals surface area contributed by atoms with Crippen LogP contribution in [0.25, 0.3) is 0 Å². The Bertz CT molecular complexity index is 1010. The summed E-state index contributed by atoms with van der Waals surface area (Å²) in [7, 11) is 0. The van der Waals surface area contributed by atoms with Crippen LogP contribution in [-0.2, 0) is 11.3 Å². The van der Waals surface area contributed by atoms with Gasteiger partial charge in [-0.1, -0.05) is 62.4 Å². The number of benzene rings is 1. The molecule has 2 aromatic rings. The maximum absolute atomic E-state index is 13.7. The molecule has 1 heterocycles. The molecule has 0 unspecified atom stereocenters. The van der Waals surface area contributed by atoms with Crippen LogP contribution >= 0.6 is 23.1 Å². The first-order valence-corrected chi connectivity index (χ1v) is 12.4. The van der Waals surface area contributed by atoms with Gasteiger partial charge in [-0.3, -0.25) is 14.4 Å². The number of aromatic nitrogens is 1. The largest absolute Gasteiger partial charge is 0.395 e. The lowest BCUT2D eigenvalue weighted by atomic mass is 10.0. The SMILES string of the molecule is CCCC[C@@H](C(=O)NC1CCCC1)N(Cc1ccccc1Cl)C(=O)c1snc(C(N)=O)c1N. The summed E-state index contributed by atoms with van der Waals surface area (Å²) in [6, 6.07) is 6.60. The average Bonchev–Trinajstić information content (AvgIpc) is 3.43. The number of nitrogens with two attached hydrogens (primary N) is 2. The Balaban J connectivity index is 1.98. The van der Waals surface area contributed by atoms with Gasteiger partial charge in [-0.15, -0.1) is 0 Å². The van der Waals surface area contributed by atoms with Gasteiger partial charge in [-0.05, 0) is 42.4 Å². The van der Waals surface area contributed by atoms with Crippen LogP contribution in [0.4, 0.5) is 5.69 Å². The number of primary amides is 1. The minimum Gasteiger partial charge on any atom is -0.395 e. The molecule has 1 aromatic carbocycles. The number of anilines is 1. The Morgan fingerprint density at radius 2 is 1.97 bits per heavy atom. The molecule has 10 heteroatoms.